The third kappa shape index (κ3) is 1.05. The monoisotopic (exact) mass is 161 g/mol. The second-order valence-corrected chi connectivity index (χ2v) is 3.82. The van der Waals surface area contributed by atoms with Gasteiger partial charge in [0.05, 0.1) is 0 Å². The maximum absolute atomic E-state index is 3.48. The number of hydrogen-bond acceptors (Lipinski definition) is 1. The van der Waals surface area contributed by atoms with E-state index in [1.54, 1.807) is 0 Å². The van der Waals surface area contributed by atoms with Gasteiger partial charge in [0, 0.05) is 5.54 Å². The zero-order valence-corrected chi connectivity index (χ0v) is 7.72. The molecule has 1 fully saturated rings. The molecule has 1 heterocycles. The molecule has 0 saturated carbocycles. The van der Waals surface area contributed by atoms with E-state index in [4.69, 9.17) is 0 Å². The highest BCUT2D eigenvalue weighted by atomic mass is 15.0. The van der Waals surface area contributed by atoms with Gasteiger partial charge in [-0.1, -0.05) is 24.3 Å². The summed E-state index contributed by atoms with van der Waals surface area (Å²) in [5.41, 5.74) is 3.11. The first kappa shape index (κ1) is 7.81. The molecule has 1 atom stereocenters. The molecule has 1 aromatic rings. The van der Waals surface area contributed by atoms with E-state index in [9.17, 15) is 0 Å². The van der Waals surface area contributed by atoms with Gasteiger partial charge in [0.2, 0.25) is 0 Å². The average molecular weight is 161 g/mol. The number of nitrogens with one attached hydrogen (secondary N) is 1. The van der Waals surface area contributed by atoms with E-state index in [0.717, 1.165) is 6.54 Å². The summed E-state index contributed by atoms with van der Waals surface area (Å²) >= 11 is 0. The minimum absolute atomic E-state index is 0.255. The Hall–Kier alpha value is -0.820. The summed E-state index contributed by atoms with van der Waals surface area (Å²) in [6.07, 6.45) is 1.26. The summed E-state index contributed by atoms with van der Waals surface area (Å²) in [6, 6.07) is 8.62. The predicted octanol–water partition coefficient (Wildman–Crippen LogP) is 2.20. The van der Waals surface area contributed by atoms with Gasteiger partial charge in [0.25, 0.3) is 0 Å². The van der Waals surface area contributed by atoms with Crippen LogP contribution in [0.1, 0.15) is 24.5 Å². The normalized spacial score (nSPS) is 28.2. The highest BCUT2D eigenvalue weighted by Gasteiger charge is 2.33. The molecule has 1 aliphatic heterocycles. The van der Waals surface area contributed by atoms with Crippen molar-refractivity contribution in [2.45, 2.75) is 25.8 Å². The number of aryl methyl sites for hydroxylation is 1. The first-order valence-corrected chi connectivity index (χ1v) is 4.53. The molecule has 0 aliphatic carbocycles. The van der Waals surface area contributed by atoms with Crippen LogP contribution in [0, 0.1) is 6.92 Å². The number of benzene rings is 1. The molecule has 1 aromatic carbocycles. The highest BCUT2D eigenvalue weighted by molar-refractivity contribution is 5.33. The zero-order chi connectivity index (χ0) is 8.60. The lowest BCUT2D eigenvalue weighted by atomic mass is 9.81. The van der Waals surface area contributed by atoms with Crippen molar-refractivity contribution < 1.29 is 0 Å². The van der Waals surface area contributed by atoms with Crippen LogP contribution in [0.15, 0.2) is 24.3 Å². The first-order chi connectivity index (χ1) is 5.72. The molecule has 1 N–H and O–H groups in total. The van der Waals surface area contributed by atoms with Gasteiger partial charge in [-0.15, -0.1) is 0 Å². The fourth-order valence-electron chi connectivity index (χ4n) is 1.92. The standard InChI is InChI=1S/C11H15N/c1-9-5-3-4-6-10(9)11(2)7-8-12-11/h3-6,12H,7-8H2,1-2H3. The van der Waals surface area contributed by atoms with Gasteiger partial charge >= 0.3 is 0 Å². The van der Waals surface area contributed by atoms with Crippen molar-refractivity contribution in [3.8, 4) is 0 Å². The lowest BCUT2D eigenvalue weighted by molar-refractivity contribution is 0.236. The zero-order valence-electron chi connectivity index (χ0n) is 7.72. The van der Waals surface area contributed by atoms with Crippen LogP contribution >= 0.6 is 0 Å². The molecule has 1 aliphatic rings. The second kappa shape index (κ2) is 2.60. The molecule has 0 bridgehead atoms. The average Bonchev–Trinajstić information content (AvgIpc) is 2.01. The fourth-order valence-corrected chi connectivity index (χ4v) is 1.92. The molecule has 1 saturated heterocycles. The minimum atomic E-state index is 0.255. The smallest absolute Gasteiger partial charge is 0.0420 e. The molecule has 0 spiro atoms. The van der Waals surface area contributed by atoms with Crippen LogP contribution in [0.3, 0.4) is 0 Å². The van der Waals surface area contributed by atoms with E-state index in [1.807, 2.05) is 0 Å². The minimum Gasteiger partial charge on any atom is -0.307 e. The topological polar surface area (TPSA) is 12.0 Å². The van der Waals surface area contributed by atoms with Gasteiger partial charge < -0.3 is 5.32 Å². The van der Waals surface area contributed by atoms with Gasteiger partial charge in [-0.2, -0.15) is 0 Å². The molecule has 0 radical (unpaired) electrons. The molecule has 64 valence electrons. The predicted molar refractivity (Wildman–Crippen MR) is 51.2 cm³/mol. The molecule has 1 unspecified atom stereocenters. The van der Waals surface area contributed by atoms with E-state index in [0.29, 0.717) is 0 Å². The van der Waals surface area contributed by atoms with Gasteiger partial charge in [-0.05, 0) is 37.9 Å². The fraction of sp³-hybridized carbons (Fsp3) is 0.455. The van der Waals surface area contributed by atoms with Gasteiger partial charge in [0.15, 0.2) is 0 Å². The van der Waals surface area contributed by atoms with Crippen molar-refractivity contribution in [3.05, 3.63) is 35.4 Å². The Morgan fingerprint density at radius 2 is 2.00 bits per heavy atom. The summed E-state index contributed by atoms with van der Waals surface area (Å²) in [5.74, 6) is 0. The lowest BCUT2D eigenvalue weighted by Crippen LogP contribution is -2.52. The highest BCUT2D eigenvalue weighted by Crippen LogP contribution is 2.32. The van der Waals surface area contributed by atoms with Crippen LogP contribution in [-0.2, 0) is 5.54 Å². The Bertz CT molecular complexity index is 287. The second-order valence-electron chi connectivity index (χ2n) is 3.82. The Balaban J connectivity index is 2.39. The van der Waals surface area contributed by atoms with E-state index in [-0.39, 0.29) is 5.54 Å². The molecule has 2 rings (SSSR count). The summed E-state index contributed by atoms with van der Waals surface area (Å²) in [6.45, 7) is 5.62. The first-order valence-electron chi connectivity index (χ1n) is 4.53. The van der Waals surface area contributed by atoms with Crippen molar-refractivity contribution in [2.24, 2.45) is 0 Å². The summed E-state index contributed by atoms with van der Waals surface area (Å²) in [5, 5.41) is 3.48. The Morgan fingerprint density at radius 3 is 2.50 bits per heavy atom. The third-order valence-corrected chi connectivity index (χ3v) is 2.88. The van der Waals surface area contributed by atoms with Crippen LogP contribution < -0.4 is 5.32 Å². The molecule has 0 aromatic heterocycles. The van der Waals surface area contributed by atoms with Gasteiger partial charge in [-0.25, -0.2) is 0 Å². The van der Waals surface area contributed by atoms with Crippen molar-refractivity contribution in [3.63, 3.8) is 0 Å². The number of hydrogen-bond donors (Lipinski definition) is 1. The Labute approximate surface area is 73.8 Å². The molecular formula is C11H15N. The van der Waals surface area contributed by atoms with E-state index >= 15 is 0 Å². The van der Waals surface area contributed by atoms with E-state index < -0.39 is 0 Å². The Kier molecular flexibility index (Phi) is 1.69. The largest absolute Gasteiger partial charge is 0.307 e. The molecule has 1 nitrogen and oxygen atoms in total. The van der Waals surface area contributed by atoms with Crippen molar-refractivity contribution >= 4 is 0 Å². The molecule has 0 amide bonds. The SMILES string of the molecule is Cc1ccccc1C1(C)CCN1. The van der Waals surface area contributed by atoms with Crippen LogP contribution in [0.5, 0.6) is 0 Å². The lowest BCUT2D eigenvalue weighted by Gasteiger charge is -2.41. The summed E-state index contributed by atoms with van der Waals surface area (Å²) < 4.78 is 0. The third-order valence-electron chi connectivity index (χ3n) is 2.88. The van der Waals surface area contributed by atoms with Crippen molar-refractivity contribution in [1.82, 2.24) is 5.32 Å². The summed E-state index contributed by atoms with van der Waals surface area (Å²) in [4.78, 5) is 0. The van der Waals surface area contributed by atoms with Crippen molar-refractivity contribution in [1.29, 1.82) is 0 Å². The van der Waals surface area contributed by atoms with Crippen LogP contribution in [0.25, 0.3) is 0 Å². The maximum atomic E-state index is 3.48. The van der Waals surface area contributed by atoms with Gasteiger partial charge in [0.1, 0.15) is 0 Å². The Morgan fingerprint density at radius 1 is 1.33 bits per heavy atom. The quantitative estimate of drug-likeness (QED) is 0.666. The number of rotatable bonds is 1. The molecule has 12 heavy (non-hydrogen) atoms. The van der Waals surface area contributed by atoms with Crippen LogP contribution in [-0.4, -0.2) is 6.54 Å². The van der Waals surface area contributed by atoms with E-state index in [2.05, 4.69) is 43.4 Å². The van der Waals surface area contributed by atoms with Gasteiger partial charge in [-0.3, -0.25) is 0 Å². The maximum Gasteiger partial charge on any atom is 0.0420 e. The van der Waals surface area contributed by atoms with Crippen LogP contribution in [0.4, 0.5) is 0 Å². The van der Waals surface area contributed by atoms with Crippen molar-refractivity contribution in [2.75, 3.05) is 6.54 Å². The molecular weight excluding hydrogens is 146 g/mol. The summed E-state index contributed by atoms with van der Waals surface area (Å²) in [7, 11) is 0. The van der Waals surface area contributed by atoms with Crippen LogP contribution in [0.2, 0.25) is 0 Å². The van der Waals surface area contributed by atoms with E-state index in [1.165, 1.54) is 17.5 Å². The molecule has 1 heteroatoms.